The zero-order chi connectivity index (χ0) is 24.8. The van der Waals surface area contributed by atoms with Crippen molar-refractivity contribution in [3.05, 3.63) is 0 Å². The number of nitrogens with two attached hydrogens (primary N) is 1. The summed E-state index contributed by atoms with van der Waals surface area (Å²) in [6, 6.07) is -1.03. The molecule has 1 aliphatic heterocycles. The van der Waals surface area contributed by atoms with Gasteiger partial charge < -0.3 is 26.0 Å². The summed E-state index contributed by atoms with van der Waals surface area (Å²) in [5.41, 5.74) is 5.99. The minimum atomic E-state index is -0.801. The summed E-state index contributed by atoms with van der Waals surface area (Å²) in [5, 5.41) is 6.14. The molecule has 0 aromatic heterocycles. The molecule has 9 heteroatoms. The van der Waals surface area contributed by atoms with Crippen LogP contribution in [0.5, 0.6) is 0 Å². The Morgan fingerprint density at radius 3 is 2.30 bits per heavy atom. The third-order valence-corrected chi connectivity index (χ3v) is 7.70. The Bertz CT molecular complexity index is 677. The van der Waals surface area contributed by atoms with Crippen LogP contribution in [0.1, 0.15) is 80.1 Å². The summed E-state index contributed by atoms with van der Waals surface area (Å²) in [5.74, 6) is 0.115. The maximum atomic E-state index is 13.7. The lowest BCUT2D eigenvalue weighted by Crippen LogP contribution is -2.60. The quantitative estimate of drug-likeness (QED) is 0.464. The Morgan fingerprint density at radius 1 is 1.09 bits per heavy atom. The fraction of sp³-hybridized carbons (Fsp3) is 0.875. The molecule has 0 spiro atoms. The second kappa shape index (κ2) is 12.3. The van der Waals surface area contributed by atoms with Crippen molar-refractivity contribution in [3.8, 4) is 0 Å². The molecule has 190 valence electrons. The van der Waals surface area contributed by atoms with Crippen LogP contribution in [-0.2, 0) is 14.3 Å². The Balaban J connectivity index is 2.09. The van der Waals surface area contributed by atoms with Crippen LogP contribution in [0.4, 0.5) is 4.79 Å². The Morgan fingerprint density at radius 2 is 1.73 bits per heavy atom. The van der Waals surface area contributed by atoms with Crippen LogP contribution in [0.25, 0.3) is 0 Å². The summed E-state index contributed by atoms with van der Waals surface area (Å²) < 4.78 is 4.69. The first-order valence-corrected chi connectivity index (χ1v) is 13.3. The van der Waals surface area contributed by atoms with Crippen LogP contribution in [0, 0.1) is 5.92 Å². The van der Waals surface area contributed by atoms with Crippen molar-refractivity contribution in [1.29, 1.82) is 0 Å². The third-order valence-electron chi connectivity index (χ3n) is 6.38. The molecule has 1 saturated heterocycles. The SMILES string of the molecule is CC(C)OC(=O)NC(C(=O)N1CCCC1C(=O)NCC1CCC(N)CC1)C(C)(C)SC(C)C. The van der Waals surface area contributed by atoms with Gasteiger partial charge in [-0.05, 0) is 77.4 Å². The minimum absolute atomic E-state index is 0.103. The van der Waals surface area contributed by atoms with Gasteiger partial charge in [0.1, 0.15) is 12.1 Å². The van der Waals surface area contributed by atoms with Crippen LogP contribution in [0.15, 0.2) is 0 Å². The van der Waals surface area contributed by atoms with Crippen LogP contribution in [0.3, 0.4) is 0 Å². The van der Waals surface area contributed by atoms with E-state index in [0.29, 0.717) is 25.4 Å². The molecule has 0 bridgehead atoms. The van der Waals surface area contributed by atoms with Crippen molar-refractivity contribution in [2.45, 2.75) is 114 Å². The minimum Gasteiger partial charge on any atom is -0.447 e. The van der Waals surface area contributed by atoms with Gasteiger partial charge in [0.2, 0.25) is 11.8 Å². The number of hydrogen-bond acceptors (Lipinski definition) is 6. The molecule has 1 saturated carbocycles. The van der Waals surface area contributed by atoms with E-state index >= 15 is 0 Å². The van der Waals surface area contributed by atoms with Crippen molar-refractivity contribution in [2.75, 3.05) is 13.1 Å². The standard InChI is InChI=1S/C24H44N4O4S/c1-15(2)32-23(31)27-20(24(5,6)33-16(3)4)22(30)28-13-7-8-19(28)21(29)26-14-17-9-11-18(25)12-10-17/h15-20H,7-14,25H2,1-6H3,(H,26,29)(H,27,31). The highest BCUT2D eigenvalue weighted by Gasteiger charge is 2.44. The fourth-order valence-corrected chi connectivity index (χ4v) is 6.31. The van der Waals surface area contributed by atoms with Gasteiger partial charge in [-0.2, -0.15) is 11.8 Å². The van der Waals surface area contributed by atoms with Crippen molar-refractivity contribution < 1.29 is 19.1 Å². The highest BCUT2D eigenvalue weighted by Crippen LogP contribution is 2.34. The van der Waals surface area contributed by atoms with Crippen molar-refractivity contribution in [1.82, 2.24) is 15.5 Å². The van der Waals surface area contributed by atoms with Crippen molar-refractivity contribution >= 4 is 29.7 Å². The molecule has 33 heavy (non-hydrogen) atoms. The van der Waals surface area contributed by atoms with E-state index in [2.05, 4.69) is 24.5 Å². The number of rotatable bonds is 9. The fourth-order valence-electron chi connectivity index (χ4n) is 4.80. The molecule has 0 aromatic rings. The monoisotopic (exact) mass is 484 g/mol. The van der Waals surface area contributed by atoms with E-state index in [9.17, 15) is 14.4 Å². The lowest BCUT2D eigenvalue weighted by Gasteiger charge is -2.38. The zero-order valence-electron chi connectivity index (χ0n) is 21.2. The molecule has 1 heterocycles. The van der Waals surface area contributed by atoms with Gasteiger partial charge in [-0.15, -0.1) is 0 Å². The number of likely N-dealkylation sites (tertiary alicyclic amines) is 1. The molecule has 3 amide bonds. The van der Waals surface area contributed by atoms with Gasteiger partial charge in [0.15, 0.2) is 0 Å². The van der Waals surface area contributed by atoms with Crippen molar-refractivity contribution in [2.24, 2.45) is 11.7 Å². The molecule has 2 rings (SSSR count). The first-order chi connectivity index (χ1) is 15.4. The van der Waals surface area contributed by atoms with E-state index in [1.165, 1.54) is 0 Å². The molecule has 8 nitrogen and oxygen atoms in total. The van der Waals surface area contributed by atoms with Gasteiger partial charge >= 0.3 is 6.09 Å². The molecule has 2 aliphatic rings. The van der Waals surface area contributed by atoms with E-state index in [4.69, 9.17) is 10.5 Å². The maximum Gasteiger partial charge on any atom is 0.408 e. The highest BCUT2D eigenvalue weighted by molar-refractivity contribution is 8.01. The van der Waals surface area contributed by atoms with Crippen molar-refractivity contribution in [3.63, 3.8) is 0 Å². The van der Waals surface area contributed by atoms with Gasteiger partial charge in [-0.1, -0.05) is 13.8 Å². The second-order valence-corrected chi connectivity index (χ2v) is 12.7. The molecular formula is C24H44N4O4S. The van der Waals surface area contributed by atoms with Crippen LogP contribution < -0.4 is 16.4 Å². The number of thioether (sulfide) groups is 1. The van der Waals surface area contributed by atoms with Gasteiger partial charge in [0, 0.05) is 23.9 Å². The number of nitrogens with one attached hydrogen (secondary N) is 2. The zero-order valence-corrected chi connectivity index (χ0v) is 22.0. The molecule has 0 aromatic carbocycles. The average molecular weight is 485 g/mol. The van der Waals surface area contributed by atoms with Gasteiger partial charge in [-0.3, -0.25) is 9.59 Å². The lowest BCUT2D eigenvalue weighted by molar-refractivity contribution is -0.140. The predicted molar refractivity (Wildman–Crippen MR) is 133 cm³/mol. The number of nitrogens with zero attached hydrogens (tertiary/aromatic N) is 1. The molecule has 2 unspecified atom stereocenters. The third kappa shape index (κ3) is 8.35. The molecule has 2 fully saturated rings. The van der Waals surface area contributed by atoms with E-state index in [1.54, 1.807) is 30.5 Å². The number of amides is 3. The normalized spacial score (nSPS) is 24.6. The summed E-state index contributed by atoms with van der Waals surface area (Å²) in [7, 11) is 0. The average Bonchev–Trinajstić information content (AvgIpc) is 3.19. The van der Waals surface area contributed by atoms with Crippen LogP contribution in [0.2, 0.25) is 0 Å². The first-order valence-electron chi connectivity index (χ1n) is 12.4. The molecule has 0 radical (unpaired) electrons. The topological polar surface area (TPSA) is 114 Å². The number of ether oxygens (including phenoxy) is 1. The van der Waals surface area contributed by atoms with Crippen LogP contribution >= 0.6 is 11.8 Å². The first kappa shape index (κ1) is 27.8. The summed E-state index contributed by atoms with van der Waals surface area (Å²) in [4.78, 5) is 40.8. The lowest BCUT2D eigenvalue weighted by atomic mass is 9.86. The Kier molecular flexibility index (Phi) is 10.3. The van der Waals surface area contributed by atoms with Gasteiger partial charge in [0.25, 0.3) is 0 Å². The molecule has 1 aliphatic carbocycles. The largest absolute Gasteiger partial charge is 0.447 e. The van der Waals surface area contributed by atoms with Crippen LogP contribution in [-0.4, -0.2) is 70.1 Å². The number of hydrogen-bond donors (Lipinski definition) is 3. The predicted octanol–water partition coefficient (Wildman–Crippen LogP) is 3.03. The van der Waals surface area contributed by atoms with Gasteiger partial charge in [0.05, 0.1) is 6.10 Å². The summed E-state index contributed by atoms with van der Waals surface area (Å²) in [6.45, 7) is 12.7. The summed E-state index contributed by atoms with van der Waals surface area (Å²) in [6.07, 6.45) is 4.54. The Labute approximate surface area is 203 Å². The maximum absolute atomic E-state index is 13.7. The second-order valence-electron chi connectivity index (χ2n) is 10.5. The number of carbonyl (C=O) groups excluding carboxylic acids is 3. The Hall–Kier alpha value is -1.48. The van der Waals surface area contributed by atoms with E-state index in [0.717, 1.165) is 32.1 Å². The van der Waals surface area contributed by atoms with E-state index < -0.39 is 22.9 Å². The summed E-state index contributed by atoms with van der Waals surface area (Å²) >= 11 is 1.62. The molecule has 2 atom stereocenters. The molecular weight excluding hydrogens is 440 g/mol. The highest BCUT2D eigenvalue weighted by atomic mass is 32.2. The smallest absolute Gasteiger partial charge is 0.408 e. The number of alkyl carbamates (subject to hydrolysis) is 1. The number of carbonyl (C=O) groups is 3. The van der Waals surface area contributed by atoms with E-state index in [1.807, 2.05) is 13.8 Å². The molecule has 4 N–H and O–H groups in total. The van der Waals surface area contributed by atoms with E-state index in [-0.39, 0.29) is 29.2 Å². The van der Waals surface area contributed by atoms with Gasteiger partial charge in [-0.25, -0.2) is 4.79 Å².